The van der Waals surface area contributed by atoms with Crippen LogP contribution in [-0.4, -0.2) is 55.0 Å². The number of nitrogens with one attached hydrogen (secondary N) is 1. The van der Waals surface area contributed by atoms with Crippen LogP contribution in [-0.2, 0) is 10.3 Å². The first kappa shape index (κ1) is 26.7. The Balaban J connectivity index is 0.00000320. The van der Waals surface area contributed by atoms with E-state index in [0.717, 1.165) is 50.0 Å². The van der Waals surface area contributed by atoms with E-state index in [1.165, 1.54) is 10.5 Å². The maximum Gasteiger partial charge on any atom is 0.325 e. The van der Waals surface area contributed by atoms with Gasteiger partial charge in [0.1, 0.15) is 5.75 Å². The highest BCUT2D eigenvalue weighted by atomic mass is 35.5. The van der Waals surface area contributed by atoms with Crippen LogP contribution in [0.2, 0.25) is 0 Å². The molecule has 1 N–H and O–H groups in total. The van der Waals surface area contributed by atoms with Crippen LogP contribution in [0, 0.1) is 0 Å². The van der Waals surface area contributed by atoms with Gasteiger partial charge in [0.15, 0.2) is 5.54 Å². The Kier molecular flexibility index (Phi) is 8.52. The number of nitrogens with zero attached hydrogens (tertiary/aromatic N) is 2. The molecular weight excluding hydrogens is 486 g/mol. The molecule has 37 heavy (non-hydrogen) atoms. The van der Waals surface area contributed by atoms with Crippen molar-refractivity contribution in [3.8, 4) is 5.75 Å². The molecule has 2 fully saturated rings. The summed E-state index contributed by atoms with van der Waals surface area (Å²) >= 11 is 0. The largest absolute Gasteiger partial charge is 0.497 e. The summed E-state index contributed by atoms with van der Waals surface area (Å²) in [7, 11) is 1.61. The molecular formula is C30H34ClN3O3. The summed E-state index contributed by atoms with van der Waals surface area (Å²) in [5.74, 6) is 1.09. The van der Waals surface area contributed by atoms with Gasteiger partial charge in [-0.25, -0.2) is 4.79 Å². The molecule has 3 amide bonds. The molecule has 2 aliphatic rings. The van der Waals surface area contributed by atoms with E-state index in [1.807, 2.05) is 54.6 Å². The van der Waals surface area contributed by atoms with E-state index in [4.69, 9.17) is 4.74 Å². The lowest BCUT2D eigenvalue weighted by Gasteiger charge is -2.32. The number of hydrogen-bond donors (Lipinski definition) is 1. The van der Waals surface area contributed by atoms with Crippen LogP contribution in [0.25, 0.3) is 0 Å². The zero-order valence-electron chi connectivity index (χ0n) is 21.1. The number of ether oxygens (including phenoxy) is 1. The van der Waals surface area contributed by atoms with Crippen molar-refractivity contribution < 1.29 is 14.3 Å². The zero-order chi connectivity index (χ0) is 25.0. The van der Waals surface area contributed by atoms with E-state index in [9.17, 15) is 9.59 Å². The third-order valence-electron chi connectivity index (χ3n) is 7.55. The van der Waals surface area contributed by atoms with E-state index >= 15 is 0 Å². The summed E-state index contributed by atoms with van der Waals surface area (Å²) in [6.45, 7) is 3.35. The van der Waals surface area contributed by atoms with Crippen LogP contribution < -0.4 is 10.1 Å². The van der Waals surface area contributed by atoms with Crippen molar-refractivity contribution in [2.24, 2.45) is 0 Å². The smallest absolute Gasteiger partial charge is 0.325 e. The van der Waals surface area contributed by atoms with Crippen molar-refractivity contribution >= 4 is 24.3 Å². The number of methoxy groups -OCH3 is 1. The fraction of sp³-hybridized carbons (Fsp3) is 0.333. The Morgan fingerprint density at radius 1 is 0.838 bits per heavy atom. The van der Waals surface area contributed by atoms with Crippen LogP contribution in [0.4, 0.5) is 4.79 Å². The van der Waals surface area contributed by atoms with Crippen LogP contribution in [0.3, 0.4) is 0 Å². The Bertz CT molecular complexity index is 1180. The lowest BCUT2D eigenvalue weighted by Crippen LogP contribution is -2.45. The van der Waals surface area contributed by atoms with E-state index in [-0.39, 0.29) is 24.3 Å². The van der Waals surface area contributed by atoms with Crippen molar-refractivity contribution in [1.82, 2.24) is 15.1 Å². The minimum absolute atomic E-state index is 0. The van der Waals surface area contributed by atoms with Gasteiger partial charge in [0.25, 0.3) is 5.91 Å². The first-order valence-electron chi connectivity index (χ1n) is 12.7. The highest BCUT2D eigenvalue weighted by Crippen LogP contribution is 2.37. The molecule has 1 atom stereocenters. The molecule has 2 saturated heterocycles. The second-order valence-electron chi connectivity index (χ2n) is 9.61. The van der Waals surface area contributed by atoms with Crippen molar-refractivity contribution in [3.05, 3.63) is 102 Å². The summed E-state index contributed by atoms with van der Waals surface area (Å²) in [5, 5.41) is 3.03. The van der Waals surface area contributed by atoms with Gasteiger partial charge in [0, 0.05) is 6.54 Å². The molecule has 0 spiro atoms. The highest BCUT2D eigenvalue weighted by Gasteiger charge is 2.53. The molecule has 0 aromatic heterocycles. The molecule has 1 unspecified atom stereocenters. The number of urea groups is 1. The standard InChI is InChI=1S/C30H33N3O3.ClH/c1-36-27-15-13-26(14-16-27)30(25-11-6-3-7-12-25)28(34)33(29(35)31-30)20-8-19-32-21-17-24(18-22-32)23-9-4-2-5-10-23;/h2-7,9-16,24H,8,17-22H2,1H3,(H,31,35);1H. The van der Waals surface area contributed by atoms with Crippen LogP contribution in [0.15, 0.2) is 84.9 Å². The molecule has 0 radical (unpaired) electrons. The predicted molar refractivity (Wildman–Crippen MR) is 147 cm³/mol. The molecule has 0 saturated carbocycles. The number of likely N-dealkylation sites (tertiary alicyclic amines) is 1. The summed E-state index contributed by atoms with van der Waals surface area (Å²) in [6, 6.07) is 27.2. The quantitative estimate of drug-likeness (QED) is 0.416. The van der Waals surface area contributed by atoms with Crippen LogP contribution in [0.5, 0.6) is 5.75 Å². The highest BCUT2D eigenvalue weighted by molar-refractivity contribution is 6.09. The molecule has 0 aliphatic carbocycles. The van der Waals surface area contributed by atoms with Gasteiger partial charge in [-0.2, -0.15) is 0 Å². The SMILES string of the molecule is COc1ccc(C2(c3ccccc3)NC(=O)N(CCCN3CCC(c4ccccc4)CC3)C2=O)cc1.Cl. The molecule has 2 aliphatic heterocycles. The fourth-order valence-corrected chi connectivity index (χ4v) is 5.53. The lowest BCUT2D eigenvalue weighted by molar-refractivity contribution is -0.130. The summed E-state index contributed by atoms with van der Waals surface area (Å²) in [4.78, 5) is 30.8. The number of carbonyl (C=O) groups is 2. The van der Waals surface area contributed by atoms with Crippen molar-refractivity contribution in [1.29, 1.82) is 0 Å². The number of amides is 3. The van der Waals surface area contributed by atoms with Crippen LogP contribution >= 0.6 is 12.4 Å². The van der Waals surface area contributed by atoms with Crippen molar-refractivity contribution in [2.75, 3.05) is 33.3 Å². The second kappa shape index (κ2) is 11.8. The summed E-state index contributed by atoms with van der Waals surface area (Å²) in [6.07, 6.45) is 3.03. The molecule has 194 valence electrons. The van der Waals surface area contributed by atoms with E-state index in [2.05, 4.69) is 40.5 Å². The molecule has 3 aromatic rings. The second-order valence-corrected chi connectivity index (χ2v) is 9.61. The van der Waals surface area contributed by atoms with Gasteiger partial charge in [-0.15, -0.1) is 12.4 Å². The molecule has 7 heteroatoms. The van der Waals surface area contributed by atoms with Gasteiger partial charge < -0.3 is 15.0 Å². The van der Waals surface area contributed by atoms with Crippen LogP contribution in [0.1, 0.15) is 41.9 Å². The minimum Gasteiger partial charge on any atom is -0.497 e. The Morgan fingerprint density at radius 2 is 1.43 bits per heavy atom. The Labute approximate surface area is 225 Å². The molecule has 0 bridgehead atoms. The fourth-order valence-electron chi connectivity index (χ4n) is 5.53. The number of imide groups is 1. The van der Waals surface area contributed by atoms with E-state index in [1.54, 1.807) is 7.11 Å². The third kappa shape index (κ3) is 5.36. The summed E-state index contributed by atoms with van der Waals surface area (Å²) < 4.78 is 5.29. The third-order valence-corrected chi connectivity index (χ3v) is 7.55. The van der Waals surface area contributed by atoms with E-state index < -0.39 is 5.54 Å². The Morgan fingerprint density at radius 3 is 2.05 bits per heavy atom. The average molecular weight is 520 g/mol. The number of piperidine rings is 1. The predicted octanol–water partition coefficient (Wildman–Crippen LogP) is 5.18. The van der Waals surface area contributed by atoms with Gasteiger partial charge >= 0.3 is 6.03 Å². The molecule has 3 aromatic carbocycles. The molecule has 6 nitrogen and oxygen atoms in total. The maximum absolute atomic E-state index is 13.9. The van der Waals surface area contributed by atoms with Gasteiger partial charge in [-0.05, 0) is 73.6 Å². The van der Waals surface area contributed by atoms with E-state index in [0.29, 0.717) is 18.2 Å². The zero-order valence-corrected chi connectivity index (χ0v) is 22.0. The summed E-state index contributed by atoms with van der Waals surface area (Å²) in [5.41, 5.74) is 1.66. The van der Waals surface area contributed by atoms with Gasteiger partial charge in [0.05, 0.1) is 7.11 Å². The Hall–Kier alpha value is -3.35. The number of hydrogen-bond acceptors (Lipinski definition) is 4. The van der Waals surface area contributed by atoms with Gasteiger partial charge in [-0.1, -0.05) is 72.8 Å². The number of rotatable bonds is 8. The number of carbonyl (C=O) groups excluding carboxylic acids is 2. The molecule has 5 rings (SSSR count). The molecule has 2 heterocycles. The average Bonchev–Trinajstić information content (AvgIpc) is 3.20. The van der Waals surface area contributed by atoms with Gasteiger partial charge in [-0.3, -0.25) is 9.69 Å². The first-order chi connectivity index (χ1) is 17.6. The topological polar surface area (TPSA) is 61.9 Å². The maximum atomic E-state index is 13.9. The van der Waals surface area contributed by atoms with Crippen molar-refractivity contribution in [3.63, 3.8) is 0 Å². The normalized spacial score (nSPS) is 20.4. The lowest BCUT2D eigenvalue weighted by atomic mass is 9.82. The number of halogens is 1. The van der Waals surface area contributed by atoms with Crippen molar-refractivity contribution in [2.45, 2.75) is 30.7 Å². The number of benzene rings is 3. The van der Waals surface area contributed by atoms with Gasteiger partial charge in [0.2, 0.25) is 0 Å². The monoisotopic (exact) mass is 519 g/mol. The minimum atomic E-state index is -1.24. The first-order valence-corrected chi connectivity index (χ1v) is 12.7.